The molecule has 1 heterocycles. The Hall–Kier alpha value is -1.06. The highest BCUT2D eigenvalue weighted by atomic mass is 16.5. The molecule has 2 rings (SSSR count). The number of hydrogen-bond acceptors (Lipinski definition) is 3. The molecule has 0 aliphatic carbocycles. The van der Waals surface area contributed by atoms with Gasteiger partial charge in [0.05, 0.1) is 13.2 Å². The van der Waals surface area contributed by atoms with Crippen LogP contribution in [0.3, 0.4) is 0 Å². The van der Waals surface area contributed by atoms with E-state index in [4.69, 9.17) is 4.74 Å². The Morgan fingerprint density at radius 1 is 1.05 bits per heavy atom. The molecule has 0 spiro atoms. The van der Waals surface area contributed by atoms with Crippen LogP contribution in [0.1, 0.15) is 39.2 Å². The summed E-state index contributed by atoms with van der Waals surface area (Å²) >= 11 is 0. The standard InChI is InChI=1S/C18H30N2O/c1-15(2)4-5-16(3)19-18-8-6-17(7-9-18)14-20-10-12-21-13-11-20/h6-9,15-16,19H,4-5,10-14H2,1-3H3. The van der Waals surface area contributed by atoms with Gasteiger partial charge in [0.25, 0.3) is 0 Å². The molecule has 1 N–H and O–H groups in total. The first-order chi connectivity index (χ1) is 10.1. The number of anilines is 1. The molecule has 1 unspecified atom stereocenters. The SMILES string of the molecule is CC(C)CCC(C)Nc1ccc(CN2CCOCC2)cc1. The lowest BCUT2D eigenvalue weighted by molar-refractivity contribution is 0.0342. The second-order valence-electron chi connectivity index (χ2n) is 6.60. The van der Waals surface area contributed by atoms with Gasteiger partial charge in [-0.25, -0.2) is 0 Å². The van der Waals surface area contributed by atoms with Crippen LogP contribution in [0.5, 0.6) is 0 Å². The fraction of sp³-hybridized carbons (Fsp3) is 0.667. The summed E-state index contributed by atoms with van der Waals surface area (Å²) in [7, 11) is 0. The highest BCUT2D eigenvalue weighted by Crippen LogP contribution is 2.15. The minimum Gasteiger partial charge on any atom is -0.383 e. The van der Waals surface area contributed by atoms with Crippen LogP contribution in [0, 0.1) is 5.92 Å². The molecule has 1 atom stereocenters. The zero-order chi connectivity index (χ0) is 15.1. The third-order valence-electron chi connectivity index (χ3n) is 4.05. The Morgan fingerprint density at radius 3 is 2.33 bits per heavy atom. The second-order valence-corrected chi connectivity index (χ2v) is 6.60. The van der Waals surface area contributed by atoms with Crippen molar-refractivity contribution in [3.8, 4) is 0 Å². The minimum atomic E-state index is 0.539. The summed E-state index contributed by atoms with van der Waals surface area (Å²) < 4.78 is 5.39. The highest BCUT2D eigenvalue weighted by molar-refractivity contribution is 5.45. The van der Waals surface area contributed by atoms with Gasteiger partial charge in [-0.05, 0) is 43.4 Å². The van der Waals surface area contributed by atoms with Gasteiger partial charge in [-0.3, -0.25) is 4.90 Å². The molecule has 1 aromatic carbocycles. The second kappa shape index (κ2) is 8.40. The molecule has 3 heteroatoms. The number of benzene rings is 1. The van der Waals surface area contributed by atoms with Gasteiger partial charge in [0, 0.05) is 31.4 Å². The average Bonchev–Trinajstić information content (AvgIpc) is 2.48. The number of ether oxygens (including phenoxy) is 1. The van der Waals surface area contributed by atoms with Crippen LogP contribution in [0.15, 0.2) is 24.3 Å². The summed E-state index contributed by atoms with van der Waals surface area (Å²) in [4.78, 5) is 2.46. The van der Waals surface area contributed by atoms with Gasteiger partial charge in [-0.2, -0.15) is 0 Å². The van der Waals surface area contributed by atoms with Gasteiger partial charge < -0.3 is 10.1 Å². The molecule has 1 aromatic rings. The van der Waals surface area contributed by atoms with E-state index in [0.717, 1.165) is 38.8 Å². The van der Waals surface area contributed by atoms with Gasteiger partial charge in [0.1, 0.15) is 0 Å². The third kappa shape index (κ3) is 6.06. The van der Waals surface area contributed by atoms with Crippen LogP contribution < -0.4 is 5.32 Å². The van der Waals surface area contributed by atoms with Crippen LogP contribution in [0.4, 0.5) is 5.69 Å². The molecule has 0 saturated carbocycles. The highest BCUT2D eigenvalue weighted by Gasteiger charge is 2.10. The first-order valence-electron chi connectivity index (χ1n) is 8.29. The zero-order valence-electron chi connectivity index (χ0n) is 13.8. The summed E-state index contributed by atoms with van der Waals surface area (Å²) in [5.74, 6) is 0.783. The maximum atomic E-state index is 5.39. The van der Waals surface area contributed by atoms with E-state index in [2.05, 4.69) is 55.3 Å². The zero-order valence-corrected chi connectivity index (χ0v) is 13.8. The summed E-state index contributed by atoms with van der Waals surface area (Å²) in [5, 5.41) is 3.59. The van der Waals surface area contributed by atoms with Gasteiger partial charge in [0.2, 0.25) is 0 Å². The Labute approximate surface area is 129 Å². The van der Waals surface area contributed by atoms with E-state index < -0.39 is 0 Å². The lowest BCUT2D eigenvalue weighted by Crippen LogP contribution is -2.35. The Morgan fingerprint density at radius 2 is 1.71 bits per heavy atom. The smallest absolute Gasteiger partial charge is 0.0594 e. The van der Waals surface area contributed by atoms with Crippen LogP contribution >= 0.6 is 0 Å². The van der Waals surface area contributed by atoms with Crippen LogP contribution in [0.25, 0.3) is 0 Å². The van der Waals surface area contributed by atoms with Crippen LogP contribution in [-0.2, 0) is 11.3 Å². The quantitative estimate of drug-likeness (QED) is 0.827. The third-order valence-corrected chi connectivity index (χ3v) is 4.05. The Bertz CT molecular complexity index is 396. The van der Waals surface area contributed by atoms with Gasteiger partial charge >= 0.3 is 0 Å². The number of morpholine rings is 1. The van der Waals surface area contributed by atoms with Crippen molar-refractivity contribution in [1.29, 1.82) is 0 Å². The summed E-state index contributed by atoms with van der Waals surface area (Å²) in [6.07, 6.45) is 2.51. The van der Waals surface area contributed by atoms with Crippen LogP contribution in [-0.4, -0.2) is 37.2 Å². The first kappa shape index (κ1) is 16.3. The predicted octanol–water partition coefficient (Wildman–Crippen LogP) is 3.76. The largest absolute Gasteiger partial charge is 0.383 e. The van der Waals surface area contributed by atoms with Crippen molar-refractivity contribution >= 4 is 5.69 Å². The van der Waals surface area contributed by atoms with Gasteiger partial charge in [0.15, 0.2) is 0 Å². The first-order valence-corrected chi connectivity index (χ1v) is 8.29. The van der Waals surface area contributed by atoms with E-state index >= 15 is 0 Å². The Kier molecular flexibility index (Phi) is 6.52. The molecule has 0 radical (unpaired) electrons. The number of hydrogen-bond donors (Lipinski definition) is 1. The molecular weight excluding hydrogens is 260 g/mol. The average molecular weight is 290 g/mol. The van der Waals surface area contributed by atoms with E-state index in [0.29, 0.717) is 6.04 Å². The van der Waals surface area contributed by atoms with E-state index in [-0.39, 0.29) is 0 Å². The predicted molar refractivity (Wildman–Crippen MR) is 89.7 cm³/mol. The molecule has 21 heavy (non-hydrogen) atoms. The van der Waals surface area contributed by atoms with Crippen molar-refractivity contribution in [2.75, 3.05) is 31.6 Å². The van der Waals surface area contributed by atoms with Crippen molar-refractivity contribution < 1.29 is 4.74 Å². The molecular formula is C18H30N2O. The number of nitrogens with zero attached hydrogens (tertiary/aromatic N) is 1. The van der Waals surface area contributed by atoms with Crippen molar-refractivity contribution in [2.24, 2.45) is 5.92 Å². The monoisotopic (exact) mass is 290 g/mol. The maximum absolute atomic E-state index is 5.39. The summed E-state index contributed by atoms with van der Waals surface area (Å²) in [6.45, 7) is 11.7. The van der Waals surface area contributed by atoms with E-state index in [1.54, 1.807) is 0 Å². The lowest BCUT2D eigenvalue weighted by atomic mass is 10.0. The lowest BCUT2D eigenvalue weighted by Gasteiger charge is -2.26. The van der Waals surface area contributed by atoms with E-state index in [1.807, 2.05) is 0 Å². The van der Waals surface area contributed by atoms with Crippen molar-refractivity contribution in [2.45, 2.75) is 46.2 Å². The molecule has 1 saturated heterocycles. The van der Waals surface area contributed by atoms with Gasteiger partial charge in [-0.1, -0.05) is 26.0 Å². The molecule has 0 bridgehead atoms. The fourth-order valence-electron chi connectivity index (χ4n) is 2.66. The van der Waals surface area contributed by atoms with Gasteiger partial charge in [-0.15, -0.1) is 0 Å². The van der Waals surface area contributed by atoms with Crippen molar-refractivity contribution in [3.05, 3.63) is 29.8 Å². The molecule has 1 aliphatic heterocycles. The number of nitrogens with one attached hydrogen (secondary N) is 1. The molecule has 1 fully saturated rings. The van der Waals surface area contributed by atoms with Crippen LogP contribution in [0.2, 0.25) is 0 Å². The Balaban J connectivity index is 1.78. The fourth-order valence-corrected chi connectivity index (χ4v) is 2.66. The summed E-state index contributed by atoms with van der Waals surface area (Å²) in [6, 6.07) is 9.45. The molecule has 0 aromatic heterocycles. The minimum absolute atomic E-state index is 0.539. The van der Waals surface area contributed by atoms with Crippen molar-refractivity contribution in [3.63, 3.8) is 0 Å². The molecule has 3 nitrogen and oxygen atoms in total. The van der Waals surface area contributed by atoms with E-state index in [1.165, 1.54) is 24.1 Å². The molecule has 0 amide bonds. The van der Waals surface area contributed by atoms with E-state index in [9.17, 15) is 0 Å². The molecule has 1 aliphatic rings. The number of rotatable bonds is 7. The normalized spacial score (nSPS) is 17.9. The maximum Gasteiger partial charge on any atom is 0.0594 e. The van der Waals surface area contributed by atoms with Crippen molar-refractivity contribution in [1.82, 2.24) is 4.90 Å². The molecule has 118 valence electrons. The summed E-state index contributed by atoms with van der Waals surface area (Å²) in [5.41, 5.74) is 2.62. The topological polar surface area (TPSA) is 24.5 Å².